The smallest absolute Gasteiger partial charge is 0.272 e. The van der Waals surface area contributed by atoms with E-state index in [4.69, 9.17) is 0 Å². The number of anilines is 2. The van der Waals surface area contributed by atoms with Crippen LogP contribution in [0.15, 0.2) is 30.5 Å². The van der Waals surface area contributed by atoms with Crippen molar-refractivity contribution in [1.82, 2.24) is 4.98 Å². The van der Waals surface area contributed by atoms with Crippen molar-refractivity contribution in [3.8, 4) is 0 Å². The second-order valence-corrected chi connectivity index (χ2v) is 5.70. The van der Waals surface area contributed by atoms with Crippen LogP contribution in [0.25, 0.3) is 0 Å². The maximum absolute atomic E-state index is 13.8. The Morgan fingerprint density at radius 1 is 1.17 bits per heavy atom. The van der Waals surface area contributed by atoms with E-state index in [0.717, 1.165) is 31.6 Å². The quantitative estimate of drug-likeness (QED) is 0.852. The van der Waals surface area contributed by atoms with E-state index in [-0.39, 0.29) is 17.3 Å². The van der Waals surface area contributed by atoms with Gasteiger partial charge in [0.2, 0.25) is 0 Å². The Kier molecular flexibility index (Phi) is 4.14. The number of amides is 1. The van der Waals surface area contributed by atoms with Gasteiger partial charge in [0, 0.05) is 36.2 Å². The van der Waals surface area contributed by atoms with Gasteiger partial charge in [-0.3, -0.25) is 9.59 Å². The first-order valence-electron chi connectivity index (χ1n) is 7.59. The number of nitrogens with zero attached hydrogens (tertiary/aromatic N) is 1. The Balaban J connectivity index is 1.78. The maximum Gasteiger partial charge on any atom is 0.272 e. The number of benzene rings is 1. The molecule has 0 spiro atoms. The third-order valence-corrected chi connectivity index (χ3v) is 3.95. The van der Waals surface area contributed by atoms with Gasteiger partial charge in [-0.25, -0.2) is 4.39 Å². The highest BCUT2D eigenvalue weighted by Crippen LogP contribution is 2.25. The van der Waals surface area contributed by atoms with Gasteiger partial charge in [-0.15, -0.1) is 0 Å². The lowest BCUT2D eigenvalue weighted by Gasteiger charge is -2.18. The summed E-state index contributed by atoms with van der Waals surface area (Å²) < 4.78 is 13.8. The highest BCUT2D eigenvalue weighted by Gasteiger charge is 2.16. The van der Waals surface area contributed by atoms with Crippen molar-refractivity contribution < 1.29 is 14.0 Å². The van der Waals surface area contributed by atoms with E-state index in [9.17, 15) is 14.0 Å². The van der Waals surface area contributed by atoms with E-state index in [0.29, 0.717) is 11.3 Å². The first-order valence-corrected chi connectivity index (χ1v) is 7.59. The van der Waals surface area contributed by atoms with Gasteiger partial charge in [-0.1, -0.05) is 0 Å². The summed E-state index contributed by atoms with van der Waals surface area (Å²) in [6.07, 6.45) is 3.67. The number of hydrogen-bond acceptors (Lipinski definition) is 3. The molecule has 1 fully saturated rings. The Morgan fingerprint density at radius 2 is 1.91 bits per heavy atom. The summed E-state index contributed by atoms with van der Waals surface area (Å²) >= 11 is 0. The second kappa shape index (κ2) is 6.24. The molecule has 1 aliphatic heterocycles. The number of halogens is 1. The molecule has 1 amide bonds. The van der Waals surface area contributed by atoms with Crippen molar-refractivity contribution in [1.29, 1.82) is 0 Å². The van der Waals surface area contributed by atoms with Crippen LogP contribution in [0.3, 0.4) is 0 Å². The van der Waals surface area contributed by atoms with Crippen LogP contribution in [0.2, 0.25) is 0 Å². The third-order valence-electron chi connectivity index (χ3n) is 3.95. The molecule has 120 valence electrons. The van der Waals surface area contributed by atoms with Gasteiger partial charge in [-0.2, -0.15) is 0 Å². The predicted molar refractivity (Wildman–Crippen MR) is 86.6 cm³/mol. The molecule has 5 nitrogen and oxygen atoms in total. The standard InChI is InChI=1S/C17H18FN3O2/c1-11(22)12-6-16(19-10-12)17(23)20-14-7-13(18)8-15(9-14)21-4-2-3-5-21/h6-10,19H,2-5H2,1H3,(H,20,23). The molecule has 2 heterocycles. The normalized spacial score (nSPS) is 14.1. The monoisotopic (exact) mass is 315 g/mol. The molecule has 23 heavy (non-hydrogen) atoms. The lowest BCUT2D eigenvalue weighted by Crippen LogP contribution is -2.18. The molecule has 1 aliphatic rings. The number of hydrogen-bond donors (Lipinski definition) is 2. The van der Waals surface area contributed by atoms with Crippen molar-refractivity contribution in [3.63, 3.8) is 0 Å². The molecular weight excluding hydrogens is 297 g/mol. The lowest BCUT2D eigenvalue weighted by atomic mass is 10.2. The van der Waals surface area contributed by atoms with Crippen molar-refractivity contribution in [2.75, 3.05) is 23.3 Å². The Bertz CT molecular complexity index is 748. The molecule has 3 rings (SSSR count). The zero-order valence-electron chi connectivity index (χ0n) is 12.9. The van der Waals surface area contributed by atoms with Gasteiger partial charge in [0.05, 0.1) is 0 Å². The summed E-state index contributed by atoms with van der Waals surface area (Å²) in [5, 5.41) is 2.67. The number of H-pyrrole nitrogens is 1. The van der Waals surface area contributed by atoms with Crippen LogP contribution in [-0.4, -0.2) is 29.8 Å². The van der Waals surface area contributed by atoms with Crippen LogP contribution in [0.1, 0.15) is 40.6 Å². The van der Waals surface area contributed by atoms with E-state index < -0.39 is 5.91 Å². The first-order chi connectivity index (χ1) is 11.0. The number of carbonyl (C=O) groups excluding carboxylic acids is 2. The molecule has 2 aromatic rings. The number of aromatic amines is 1. The molecule has 0 unspecified atom stereocenters. The fraction of sp³-hybridized carbons (Fsp3) is 0.294. The number of aromatic nitrogens is 1. The molecule has 0 atom stereocenters. The van der Waals surface area contributed by atoms with Crippen LogP contribution >= 0.6 is 0 Å². The Morgan fingerprint density at radius 3 is 2.57 bits per heavy atom. The largest absolute Gasteiger partial charge is 0.371 e. The highest BCUT2D eigenvalue weighted by molar-refractivity contribution is 6.05. The minimum atomic E-state index is -0.407. The molecule has 0 aliphatic carbocycles. The molecule has 1 saturated heterocycles. The predicted octanol–water partition coefficient (Wildman–Crippen LogP) is 3.21. The fourth-order valence-corrected chi connectivity index (χ4v) is 2.73. The number of Topliss-reactive ketones (excluding diaryl/α,β-unsaturated/α-hetero) is 1. The van der Waals surface area contributed by atoms with E-state index in [2.05, 4.69) is 15.2 Å². The van der Waals surface area contributed by atoms with Gasteiger partial charge in [0.25, 0.3) is 5.91 Å². The topological polar surface area (TPSA) is 65.2 Å². The van der Waals surface area contributed by atoms with Gasteiger partial charge in [-0.05, 0) is 44.0 Å². The summed E-state index contributed by atoms with van der Waals surface area (Å²) in [6.45, 7) is 3.23. The van der Waals surface area contributed by atoms with Crippen molar-refractivity contribution in [2.24, 2.45) is 0 Å². The lowest BCUT2D eigenvalue weighted by molar-refractivity contribution is 0.101. The third kappa shape index (κ3) is 3.41. The molecule has 0 saturated carbocycles. The zero-order valence-corrected chi connectivity index (χ0v) is 12.9. The van der Waals surface area contributed by atoms with Gasteiger partial charge in [0.15, 0.2) is 5.78 Å². The van der Waals surface area contributed by atoms with Gasteiger partial charge >= 0.3 is 0 Å². The van der Waals surface area contributed by atoms with Crippen LogP contribution in [0.4, 0.5) is 15.8 Å². The summed E-state index contributed by atoms with van der Waals surface area (Å²) in [7, 11) is 0. The number of nitrogens with one attached hydrogen (secondary N) is 2. The molecule has 0 radical (unpaired) electrons. The van der Waals surface area contributed by atoms with Crippen LogP contribution < -0.4 is 10.2 Å². The van der Waals surface area contributed by atoms with Crippen molar-refractivity contribution in [2.45, 2.75) is 19.8 Å². The molecule has 6 heteroatoms. The van der Waals surface area contributed by atoms with Gasteiger partial charge < -0.3 is 15.2 Å². The first kappa shape index (κ1) is 15.3. The van der Waals surface area contributed by atoms with Crippen LogP contribution in [0, 0.1) is 5.82 Å². The average Bonchev–Trinajstić information content (AvgIpc) is 3.18. The zero-order chi connectivity index (χ0) is 16.4. The van der Waals surface area contributed by atoms with E-state index in [1.807, 2.05) is 0 Å². The molecule has 1 aromatic heterocycles. The van der Waals surface area contributed by atoms with E-state index in [1.165, 1.54) is 31.3 Å². The minimum Gasteiger partial charge on any atom is -0.371 e. The highest BCUT2D eigenvalue weighted by atomic mass is 19.1. The number of carbonyl (C=O) groups is 2. The van der Waals surface area contributed by atoms with E-state index >= 15 is 0 Å². The molecule has 2 N–H and O–H groups in total. The average molecular weight is 315 g/mol. The summed E-state index contributed by atoms with van der Waals surface area (Å²) in [6, 6.07) is 6.01. The fourth-order valence-electron chi connectivity index (χ4n) is 2.73. The van der Waals surface area contributed by atoms with Crippen LogP contribution in [0.5, 0.6) is 0 Å². The second-order valence-electron chi connectivity index (χ2n) is 5.70. The Hall–Kier alpha value is -2.63. The summed E-state index contributed by atoms with van der Waals surface area (Å²) in [5.41, 5.74) is 1.87. The van der Waals surface area contributed by atoms with Crippen LogP contribution in [-0.2, 0) is 0 Å². The molecular formula is C17H18FN3O2. The molecule has 0 bridgehead atoms. The maximum atomic E-state index is 13.8. The molecule has 1 aromatic carbocycles. The SMILES string of the molecule is CC(=O)c1c[nH]c(C(=O)Nc2cc(F)cc(N3CCCC3)c2)c1. The Labute approximate surface area is 133 Å². The van der Waals surface area contributed by atoms with Gasteiger partial charge in [0.1, 0.15) is 11.5 Å². The number of ketones is 1. The summed E-state index contributed by atoms with van der Waals surface area (Å²) in [5.74, 6) is -0.918. The van der Waals surface area contributed by atoms with E-state index in [1.54, 1.807) is 6.07 Å². The minimum absolute atomic E-state index is 0.123. The van der Waals surface area contributed by atoms with Crippen molar-refractivity contribution >= 4 is 23.1 Å². The number of rotatable bonds is 4. The summed E-state index contributed by atoms with van der Waals surface area (Å²) in [4.78, 5) is 28.3. The van der Waals surface area contributed by atoms with Crippen molar-refractivity contribution in [3.05, 3.63) is 47.5 Å².